The number of carbonyl (C=O) groups is 1. The van der Waals surface area contributed by atoms with E-state index < -0.39 is 0 Å². The molecule has 0 radical (unpaired) electrons. The summed E-state index contributed by atoms with van der Waals surface area (Å²) in [5.74, 6) is -0.0930. The fraction of sp³-hybridized carbons (Fsp3) is 0.222. The summed E-state index contributed by atoms with van der Waals surface area (Å²) >= 11 is 0. The van der Waals surface area contributed by atoms with Gasteiger partial charge >= 0.3 is 0 Å². The Balaban J connectivity index is 1.76. The van der Waals surface area contributed by atoms with Crippen molar-refractivity contribution in [2.75, 3.05) is 5.32 Å². The number of nitrogens with one attached hydrogen (secondary N) is 3. The lowest BCUT2D eigenvalue weighted by Crippen LogP contribution is -2.08. The van der Waals surface area contributed by atoms with Crippen LogP contribution in [-0.4, -0.2) is 21.1 Å². The van der Waals surface area contributed by atoms with Gasteiger partial charge in [-0.25, -0.2) is 0 Å². The van der Waals surface area contributed by atoms with Crippen molar-refractivity contribution in [1.82, 2.24) is 15.2 Å². The number of amides is 1. The van der Waals surface area contributed by atoms with E-state index in [4.69, 9.17) is 0 Å². The van der Waals surface area contributed by atoms with E-state index in [2.05, 4.69) is 20.5 Å². The molecule has 1 aromatic carbocycles. The fourth-order valence-electron chi connectivity index (χ4n) is 3.22. The largest absolute Gasteiger partial charge is 0.353 e. The van der Waals surface area contributed by atoms with Crippen LogP contribution >= 0.6 is 0 Å². The zero-order valence-electron chi connectivity index (χ0n) is 13.2. The molecule has 23 heavy (non-hydrogen) atoms. The number of carbonyl (C=O) groups excluding carboxylic acids is 1. The molecule has 0 bridgehead atoms. The molecule has 3 N–H and O–H groups in total. The van der Waals surface area contributed by atoms with E-state index in [-0.39, 0.29) is 5.91 Å². The molecule has 0 saturated heterocycles. The van der Waals surface area contributed by atoms with Crippen LogP contribution in [0.5, 0.6) is 0 Å². The Morgan fingerprint density at radius 1 is 1.26 bits per heavy atom. The predicted molar refractivity (Wildman–Crippen MR) is 91.3 cm³/mol. The Kier molecular flexibility index (Phi) is 3.08. The lowest BCUT2D eigenvalue weighted by atomic mass is 9.94. The van der Waals surface area contributed by atoms with Gasteiger partial charge in [0.1, 0.15) is 0 Å². The second-order valence-electron chi connectivity index (χ2n) is 6.22. The van der Waals surface area contributed by atoms with Crippen molar-refractivity contribution >= 4 is 22.5 Å². The summed E-state index contributed by atoms with van der Waals surface area (Å²) in [5, 5.41) is 11.3. The van der Waals surface area contributed by atoms with Gasteiger partial charge in [0.2, 0.25) is 5.91 Å². The predicted octanol–water partition coefficient (Wildman–Crippen LogP) is 3.56. The van der Waals surface area contributed by atoms with Crippen molar-refractivity contribution in [2.24, 2.45) is 0 Å². The molecule has 0 saturated carbocycles. The van der Waals surface area contributed by atoms with Crippen molar-refractivity contribution in [3.63, 3.8) is 0 Å². The second kappa shape index (κ2) is 5.12. The number of aromatic nitrogens is 3. The number of H-pyrrole nitrogens is 2. The van der Waals surface area contributed by atoms with Crippen LogP contribution in [-0.2, 0) is 17.6 Å². The Bertz CT molecular complexity index is 941. The number of anilines is 1. The quantitative estimate of drug-likeness (QED) is 0.633. The second-order valence-corrected chi connectivity index (χ2v) is 6.22. The number of nitrogens with zero attached hydrogens (tertiary/aromatic N) is 1. The topological polar surface area (TPSA) is 73.6 Å². The van der Waals surface area contributed by atoms with E-state index in [9.17, 15) is 4.79 Å². The van der Waals surface area contributed by atoms with Gasteiger partial charge in [-0.3, -0.25) is 9.89 Å². The maximum atomic E-state index is 11.9. The Hall–Kier alpha value is -2.82. The van der Waals surface area contributed by atoms with E-state index in [0.29, 0.717) is 0 Å². The monoisotopic (exact) mass is 306 g/mol. The number of hydrogen-bond acceptors (Lipinski definition) is 2. The summed E-state index contributed by atoms with van der Waals surface area (Å²) in [5.41, 5.74) is 7.62. The maximum absolute atomic E-state index is 11.9. The van der Waals surface area contributed by atoms with Crippen LogP contribution in [0.25, 0.3) is 22.3 Å². The number of fused-ring (bicyclic) bond motifs is 5. The molecule has 1 amide bonds. The van der Waals surface area contributed by atoms with E-state index in [1.165, 1.54) is 11.1 Å². The van der Waals surface area contributed by atoms with Gasteiger partial charge in [-0.15, -0.1) is 0 Å². The summed E-state index contributed by atoms with van der Waals surface area (Å²) in [6, 6.07) is 5.99. The van der Waals surface area contributed by atoms with Crippen LogP contribution in [0.15, 0.2) is 36.0 Å². The van der Waals surface area contributed by atoms with Crippen molar-refractivity contribution in [1.29, 1.82) is 0 Å². The molecular weight excluding hydrogens is 288 g/mol. The molecule has 0 fully saturated rings. The van der Waals surface area contributed by atoms with Gasteiger partial charge in [0, 0.05) is 22.7 Å². The highest BCUT2D eigenvalue weighted by Crippen LogP contribution is 2.37. The maximum Gasteiger partial charge on any atom is 0.248 e. The van der Waals surface area contributed by atoms with Gasteiger partial charge in [-0.05, 0) is 56.0 Å². The molecule has 5 heteroatoms. The first kappa shape index (κ1) is 13.8. The van der Waals surface area contributed by atoms with Crippen LogP contribution in [0.3, 0.4) is 0 Å². The third-order valence-electron chi connectivity index (χ3n) is 4.21. The molecule has 0 unspecified atom stereocenters. The SMILES string of the molecule is CC(C)=CC(=O)Nc1ccc2[nH]c3c(c2c1)CCc1cn[nH]c1-3. The van der Waals surface area contributed by atoms with Crippen LogP contribution in [0, 0.1) is 0 Å². The minimum Gasteiger partial charge on any atom is -0.353 e. The van der Waals surface area contributed by atoms with E-state index >= 15 is 0 Å². The number of aromatic amines is 2. The zero-order valence-corrected chi connectivity index (χ0v) is 13.2. The van der Waals surface area contributed by atoms with E-state index in [0.717, 1.165) is 46.4 Å². The molecule has 5 nitrogen and oxygen atoms in total. The first-order chi connectivity index (χ1) is 11.1. The number of rotatable bonds is 2. The third kappa shape index (κ3) is 2.34. The summed E-state index contributed by atoms with van der Waals surface area (Å²) < 4.78 is 0. The summed E-state index contributed by atoms with van der Waals surface area (Å²) in [6.07, 6.45) is 5.47. The number of aryl methyl sites for hydroxylation is 2. The molecule has 2 heterocycles. The fourth-order valence-corrected chi connectivity index (χ4v) is 3.22. The van der Waals surface area contributed by atoms with Crippen molar-refractivity contribution in [3.05, 3.63) is 47.2 Å². The molecular formula is C18H18N4O. The van der Waals surface area contributed by atoms with E-state index in [1.54, 1.807) is 6.08 Å². The Morgan fingerprint density at radius 2 is 2.13 bits per heavy atom. The molecule has 0 spiro atoms. The summed E-state index contributed by atoms with van der Waals surface area (Å²) in [6.45, 7) is 3.82. The highest BCUT2D eigenvalue weighted by Gasteiger charge is 2.22. The van der Waals surface area contributed by atoms with Crippen LogP contribution in [0.1, 0.15) is 25.0 Å². The first-order valence-electron chi connectivity index (χ1n) is 7.75. The molecule has 2 aromatic heterocycles. The molecule has 1 aliphatic carbocycles. The summed E-state index contributed by atoms with van der Waals surface area (Å²) in [7, 11) is 0. The van der Waals surface area contributed by atoms with Gasteiger partial charge in [-0.2, -0.15) is 5.10 Å². The van der Waals surface area contributed by atoms with Gasteiger partial charge in [0.05, 0.1) is 17.6 Å². The molecule has 0 atom stereocenters. The Labute approximate surface area is 133 Å². The number of hydrogen-bond donors (Lipinski definition) is 3. The molecule has 0 aliphatic heterocycles. The summed E-state index contributed by atoms with van der Waals surface area (Å²) in [4.78, 5) is 15.4. The minimum atomic E-state index is -0.0930. The third-order valence-corrected chi connectivity index (χ3v) is 4.21. The van der Waals surface area contributed by atoms with Gasteiger partial charge in [-0.1, -0.05) is 5.57 Å². The van der Waals surface area contributed by atoms with Crippen molar-refractivity contribution in [3.8, 4) is 11.4 Å². The lowest BCUT2D eigenvalue weighted by molar-refractivity contribution is -0.111. The molecule has 116 valence electrons. The molecule has 4 rings (SSSR count). The minimum absolute atomic E-state index is 0.0930. The van der Waals surface area contributed by atoms with Gasteiger partial charge in [0.15, 0.2) is 0 Å². The first-order valence-corrected chi connectivity index (χ1v) is 7.75. The standard InChI is InChI=1S/C18H18N4O/c1-10(2)7-16(23)20-12-4-6-15-14(8-12)13-5-3-11-9-19-22-17(11)18(13)21-15/h4,6-9,21H,3,5H2,1-2H3,(H,19,22)(H,20,23). The van der Waals surface area contributed by atoms with Crippen molar-refractivity contribution < 1.29 is 4.79 Å². The van der Waals surface area contributed by atoms with Crippen LogP contribution in [0.2, 0.25) is 0 Å². The molecule has 3 aromatic rings. The van der Waals surface area contributed by atoms with Crippen molar-refractivity contribution in [2.45, 2.75) is 26.7 Å². The van der Waals surface area contributed by atoms with Gasteiger partial charge in [0.25, 0.3) is 0 Å². The molecule has 1 aliphatic rings. The number of benzene rings is 1. The average Bonchev–Trinajstić information content (AvgIpc) is 3.09. The highest BCUT2D eigenvalue weighted by molar-refractivity contribution is 6.02. The normalized spacial score (nSPS) is 12.6. The highest BCUT2D eigenvalue weighted by atomic mass is 16.1. The Morgan fingerprint density at radius 3 is 2.96 bits per heavy atom. The lowest BCUT2D eigenvalue weighted by Gasteiger charge is -2.11. The van der Waals surface area contributed by atoms with Gasteiger partial charge < -0.3 is 10.3 Å². The number of allylic oxidation sites excluding steroid dienone is 1. The van der Waals surface area contributed by atoms with E-state index in [1.807, 2.05) is 38.2 Å². The van der Waals surface area contributed by atoms with Crippen LogP contribution < -0.4 is 5.32 Å². The zero-order chi connectivity index (χ0) is 16.0. The average molecular weight is 306 g/mol. The van der Waals surface area contributed by atoms with Crippen LogP contribution in [0.4, 0.5) is 5.69 Å². The smallest absolute Gasteiger partial charge is 0.248 e.